The van der Waals surface area contributed by atoms with E-state index in [4.69, 9.17) is 4.74 Å². The van der Waals surface area contributed by atoms with Gasteiger partial charge in [-0.05, 0) is 27.2 Å². The van der Waals surface area contributed by atoms with Crippen molar-refractivity contribution in [2.24, 2.45) is 11.3 Å². The smallest absolute Gasteiger partial charge is 0.322 e. The molecule has 1 saturated heterocycles. The number of fused-ring (bicyclic) bond motifs is 10. The largest absolute Gasteiger partial charge is 0.461 e. The first-order valence-corrected chi connectivity index (χ1v) is 11.0. The van der Waals surface area contributed by atoms with Crippen LogP contribution in [0.5, 0.6) is 0 Å². The van der Waals surface area contributed by atoms with Gasteiger partial charge in [0.15, 0.2) is 5.78 Å². The quantitative estimate of drug-likeness (QED) is 0.326. The standard InChI is InChI=1S/C25H33NO7/c1-14-6-9-18(28)10-8-15(2)12-21(26-23(31)17(4)27)25(5)22(30)16(3)20(33-24(25)32)13-19(29)11-7-14/h6-8,10-12,16,18-21,28-29H,9,13H2,1-5H3,(H,26,31)/b10-8-,11-7-,14-6+,15-12+. The van der Waals surface area contributed by atoms with Crippen molar-refractivity contribution in [2.75, 3.05) is 0 Å². The van der Waals surface area contributed by atoms with Crippen molar-refractivity contribution >= 4 is 23.4 Å². The number of hydrogen-bond acceptors (Lipinski definition) is 7. The Morgan fingerprint density at radius 3 is 2.33 bits per heavy atom. The van der Waals surface area contributed by atoms with Gasteiger partial charge in [-0.2, -0.15) is 0 Å². The van der Waals surface area contributed by atoms with Crippen LogP contribution in [-0.2, 0) is 23.9 Å². The highest BCUT2D eigenvalue weighted by atomic mass is 16.5. The fourth-order valence-corrected chi connectivity index (χ4v) is 3.85. The van der Waals surface area contributed by atoms with Crippen LogP contribution in [-0.4, -0.2) is 58.0 Å². The number of Topliss-reactive ketones (excluding diaryl/α,β-unsaturated/α-hetero) is 2. The van der Waals surface area contributed by atoms with Crippen molar-refractivity contribution in [3.63, 3.8) is 0 Å². The molecule has 8 nitrogen and oxygen atoms in total. The van der Waals surface area contributed by atoms with E-state index in [1.807, 2.05) is 13.0 Å². The number of rotatable bonds is 2. The SMILES string of the molecule is CC(=O)C(=O)NC1/C=C(C)/C=C\C(O)C/C=C(C)/C=C\C(O)CC2OC(=O)C1(C)C(=O)C2C. The van der Waals surface area contributed by atoms with Crippen molar-refractivity contribution in [2.45, 2.75) is 71.8 Å². The van der Waals surface area contributed by atoms with Gasteiger partial charge >= 0.3 is 5.97 Å². The van der Waals surface area contributed by atoms with Gasteiger partial charge < -0.3 is 20.3 Å². The van der Waals surface area contributed by atoms with Gasteiger partial charge in [-0.15, -0.1) is 0 Å². The van der Waals surface area contributed by atoms with Crippen molar-refractivity contribution in [1.82, 2.24) is 5.32 Å². The van der Waals surface area contributed by atoms with Gasteiger partial charge in [-0.3, -0.25) is 19.2 Å². The third-order valence-electron chi connectivity index (χ3n) is 6.14. The lowest BCUT2D eigenvalue weighted by molar-refractivity contribution is -0.181. The maximum atomic E-state index is 13.4. The Morgan fingerprint density at radius 1 is 1.09 bits per heavy atom. The third kappa shape index (κ3) is 6.36. The summed E-state index contributed by atoms with van der Waals surface area (Å²) in [5.74, 6) is -3.74. The molecule has 1 amide bonds. The van der Waals surface area contributed by atoms with E-state index in [0.29, 0.717) is 12.0 Å². The Balaban J connectivity index is 2.57. The topological polar surface area (TPSA) is 130 Å². The molecule has 0 radical (unpaired) electrons. The zero-order chi connectivity index (χ0) is 24.9. The highest BCUT2D eigenvalue weighted by molar-refractivity contribution is 6.35. The van der Waals surface area contributed by atoms with Crippen LogP contribution in [0, 0.1) is 11.3 Å². The maximum Gasteiger partial charge on any atom is 0.322 e. The molecule has 0 aromatic rings. The highest BCUT2D eigenvalue weighted by Crippen LogP contribution is 2.38. The fourth-order valence-electron chi connectivity index (χ4n) is 3.85. The lowest BCUT2D eigenvalue weighted by Crippen LogP contribution is -2.61. The van der Waals surface area contributed by atoms with Gasteiger partial charge in [0.2, 0.25) is 5.78 Å². The Morgan fingerprint density at radius 2 is 1.70 bits per heavy atom. The molecule has 2 aliphatic heterocycles. The van der Waals surface area contributed by atoms with Crippen molar-refractivity contribution in [3.8, 4) is 0 Å². The summed E-state index contributed by atoms with van der Waals surface area (Å²) >= 11 is 0. The van der Waals surface area contributed by atoms with E-state index in [1.165, 1.54) is 13.0 Å². The predicted octanol–water partition coefficient (Wildman–Crippen LogP) is 1.72. The number of nitrogens with one attached hydrogen (secondary N) is 1. The number of aliphatic hydroxyl groups excluding tert-OH is 2. The number of hydrogen-bond donors (Lipinski definition) is 3. The van der Waals surface area contributed by atoms with E-state index < -0.39 is 59.1 Å². The number of aliphatic hydroxyl groups is 2. The molecule has 2 bridgehead atoms. The second-order valence-electron chi connectivity index (χ2n) is 8.99. The highest BCUT2D eigenvalue weighted by Gasteiger charge is 2.56. The molecular weight excluding hydrogens is 426 g/mol. The van der Waals surface area contributed by atoms with Crippen LogP contribution < -0.4 is 5.32 Å². The molecule has 1 fully saturated rings. The number of ether oxygens (including phenoxy) is 1. The monoisotopic (exact) mass is 459 g/mol. The average molecular weight is 460 g/mol. The Bertz CT molecular complexity index is 929. The minimum absolute atomic E-state index is 0.0298. The third-order valence-corrected chi connectivity index (χ3v) is 6.14. The number of allylic oxidation sites excluding steroid dienone is 4. The van der Waals surface area contributed by atoms with Crippen LogP contribution in [0.1, 0.15) is 47.5 Å². The molecule has 180 valence electrons. The molecule has 0 aromatic heterocycles. The molecule has 6 atom stereocenters. The Hall–Kier alpha value is -2.84. The van der Waals surface area contributed by atoms with Crippen LogP contribution in [0.2, 0.25) is 0 Å². The first-order valence-electron chi connectivity index (χ1n) is 11.0. The molecular formula is C25H33NO7. The molecule has 3 N–H and O–H groups in total. The van der Waals surface area contributed by atoms with Crippen LogP contribution in [0.25, 0.3) is 0 Å². The first-order chi connectivity index (χ1) is 15.4. The van der Waals surface area contributed by atoms with E-state index in [1.54, 1.807) is 38.2 Å². The molecule has 6 unspecified atom stereocenters. The van der Waals surface area contributed by atoms with E-state index in [0.717, 1.165) is 12.5 Å². The van der Waals surface area contributed by atoms with Crippen molar-refractivity contribution in [3.05, 3.63) is 47.6 Å². The summed E-state index contributed by atoms with van der Waals surface area (Å²) in [5.41, 5.74) is -0.371. The molecule has 3 rings (SSSR count). The minimum atomic E-state index is -1.78. The summed E-state index contributed by atoms with van der Waals surface area (Å²) in [6, 6.07) is -1.15. The lowest BCUT2D eigenvalue weighted by atomic mass is 9.69. The van der Waals surface area contributed by atoms with Crippen LogP contribution in [0.15, 0.2) is 47.6 Å². The molecule has 33 heavy (non-hydrogen) atoms. The van der Waals surface area contributed by atoms with Crippen LogP contribution in [0.4, 0.5) is 0 Å². The van der Waals surface area contributed by atoms with E-state index >= 15 is 0 Å². The average Bonchev–Trinajstić information content (AvgIpc) is 2.75. The Labute approximate surface area is 194 Å². The molecule has 0 saturated carbocycles. The van der Waals surface area contributed by atoms with Crippen molar-refractivity contribution < 1.29 is 34.1 Å². The fraction of sp³-hybridized carbons (Fsp3) is 0.520. The van der Waals surface area contributed by atoms with Crippen LogP contribution >= 0.6 is 0 Å². The molecule has 8 heteroatoms. The minimum Gasteiger partial charge on any atom is -0.461 e. The Kier molecular flexibility index (Phi) is 8.69. The summed E-state index contributed by atoms with van der Waals surface area (Å²) in [4.78, 5) is 50.3. The maximum absolute atomic E-state index is 13.4. The summed E-state index contributed by atoms with van der Waals surface area (Å²) in [6.45, 7) is 7.62. The summed E-state index contributed by atoms with van der Waals surface area (Å²) in [7, 11) is 0. The lowest BCUT2D eigenvalue weighted by Gasteiger charge is -2.42. The summed E-state index contributed by atoms with van der Waals surface area (Å²) in [6.07, 6.45) is 7.54. The van der Waals surface area contributed by atoms with E-state index in [-0.39, 0.29) is 6.42 Å². The first kappa shape index (κ1) is 26.4. The molecule has 0 aromatic carbocycles. The van der Waals surface area contributed by atoms with Gasteiger partial charge in [0, 0.05) is 13.3 Å². The van der Waals surface area contributed by atoms with E-state index in [2.05, 4.69) is 5.32 Å². The number of ketones is 2. The summed E-state index contributed by atoms with van der Waals surface area (Å²) in [5, 5.41) is 23.1. The van der Waals surface area contributed by atoms with Gasteiger partial charge in [0.1, 0.15) is 11.5 Å². The number of carbonyl (C=O) groups is 4. The second kappa shape index (κ2) is 10.9. The van der Waals surface area contributed by atoms with Crippen molar-refractivity contribution in [1.29, 1.82) is 0 Å². The van der Waals surface area contributed by atoms with E-state index in [9.17, 15) is 29.4 Å². The van der Waals surface area contributed by atoms with Gasteiger partial charge in [-0.25, -0.2) is 0 Å². The molecule has 2 heterocycles. The van der Waals surface area contributed by atoms with Crippen LogP contribution in [0.3, 0.4) is 0 Å². The normalized spacial score (nSPS) is 38.7. The number of esters is 1. The van der Waals surface area contributed by atoms with Gasteiger partial charge in [-0.1, -0.05) is 54.5 Å². The summed E-state index contributed by atoms with van der Waals surface area (Å²) < 4.78 is 5.59. The van der Waals surface area contributed by atoms with Gasteiger partial charge in [0.25, 0.3) is 5.91 Å². The second-order valence-corrected chi connectivity index (χ2v) is 8.99. The molecule has 0 spiro atoms. The molecule has 3 aliphatic rings. The predicted molar refractivity (Wildman–Crippen MR) is 122 cm³/mol. The van der Waals surface area contributed by atoms with Gasteiger partial charge in [0.05, 0.1) is 24.2 Å². The zero-order valence-electron chi connectivity index (χ0n) is 19.7. The number of amides is 1. The molecule has 1 aliphatic carbocycles. The number of carbonyl (C=O) groups excluding carboxylic acids is 4. The zero-order valence-corrected chi connectivity index (χ0v) is 19.7.